The number of amides is 1. The molecule has 39 heavy (non-hydrogen) atoms. The predicted molar refractivity (Wildman–Crippen MR) is 142 cm³/mol. The first-order chi connectivity index (χ1) is 18.8. The van der Waals surface area contributed by atoms with Crippen LogP contribution in [0.2, 0.25) is 0 Å². The summed E-state index contributed by atoms with van der Waals surface area (Å²) in [7, 11) is -1.52. The Balaban J connectivity index is 1.17. The number of ether oxygens (including phenoxy) is 1. The second kappa shape index (κ2) is 11.5. The molecule has 5 rings (SSSR count). The fourth-order valence-electron chi connectivity index (χ4n) is 4.49. The van der Waals surface area contributed by atoms with Crippen molar-refractivity contribution < 1.29 is 26.9 Å². The number of rotatable bonds is 8. The summed E-state index contributed by atoms with van der Waals surface area (Å²) in [6.07, 6.45) is -1.41. The second-order valence-electron chi connectivity index (χ2n) is 9.26. The zero-order valence-electron chi connectivity index (χ0n) is 20.9. The molecule has 10 heteroatoms. The van der Waals surface area contributed by atoms with E-state index >= 15 is 0 Å². The topological polar surface area (TPSA) is 71.5 Å². The van der Waals surface area contributed by atoms with E-state index < -0.39 is 28.8 Å². The summed E-state index contributed by atoms with van der Waals surface area (Å²) >= 11 is 0. The van der Waals surface area contributed by atoms with Gasteiger partial charge < -0.3 is 10.1 Å². The van der Waals surface area contributed by atoms with E-state index in [0.717, 1.165) is 35.0 Å². The molecule has 1 aliphatic rings. The molecule has 0 bridgehead atoms. The highest BCUT2D eigenvalue weighted by Gasteiger charge is 2.35. The van der Waals surface area contributed by atoms with E-state index in [-0.39, 0.29) is 19.1 Å². The zero-order chi connectivity index (χ0) is 27.4. The van der Waals surface area contributed by atoms with Crippen LogP contribution in [0.25, 0.3) is 10.9 Å². The molecule has 6 nitrogen and oxygen atoms in total. The number of carbonyl (C=O) groups is 1. The Kier molecular flexibility index (Phi) is 7.94. The first-order valence-corrected chi connectivity index (χ1v) is 13.6. The van der Waals surface area contributed by atoms with Crippen LogP contribution in [-0.4, -0.2) is 32.0 Å². The smallest absolute Gasteiger partial charge is 0.416 e. The van der Waals surface area contributed by atoms with E-state index in [1.54, 1.807) is 28.7 Å². The van der Waals surface area contributed by atoms with E-state index in [0.29, 0.717) is 29.2 Å². The molecule has 0 saturated carbocycles. The summed E-state index contributed by atoms with van der Waals surface area (Å²) in [6.45, 7) is 0.913. The summed E-state index contributed by atoms with van der Waals surface area (Å²) in [6, 6.07) is 20.9. The molecule has 4 aromatic rings. The molecule has 3 aromatic carbocycles. The van der Waals surface area contributed by atoms with Crippen LogP contribution in [0, 0.1) is 0 Å². The highest BCUT2D eigenvalue weighted by atomic mass is 32.2. The van der Waals surface area contributed by atoms with E-state index in [1.807, 2.05) is 36.4 Å². The van der Waals surface area contributed by atoms with E-state index in [1.165, 1.54) is 12.1 Å². The Morgan fingerprint density at radius 2 is 1.82 bits per heavy atom. The van der Waals surface area contributed by atoms with Gasteiger partial charge in [0.1, 0.15) is 29.4 Å². The average molecular weight is 554 g/mol. The van der Waals surface area contributed by atoms with Crippen LogP contribution in [0.3, 0.4) is 0 Å². The molecular weight excluding hydrogens is 527 g/mol. The van der Waals surface area contributed by atoms with Gasteiger partial charge in [0.2, 0.25) is 5.91 Å². The Morgan fingerprint density at radius 1 is 1.03 bits per heavy atom. The van der Waals surface area contributed by atoms with Crippen LogP contribution < -0.4 is 10.1 Å². The van der Waals surface area contributed by atoms with Crippen molar-refractivity contribution in [2.24, 2.45) is 0 Å². The number of nitrogens with one attached hydrogen (secondary N) is 1. The fourth-order valence-corrected chi connectivity index (χ4v) is 5.86. The standard InChI is InChI=1S/C29H26F3N3O3S/c30-29(31,32)23-12-10-20(11-13-23)19-38-24-7-3-5-21(15-24)17-34-28(36)27-9-4-14-35(27)39(37)25-16-22-6-1-2-8-26(22)33-18-25/h1-3,5-8,10-13,15-16,18,27H,4,9,14,17,19H2,(H,34,36)/t27-,39?/m0/s1. The van der Waals surface area contributed by atoms with Gasteiger partial charge >= 0.3 is 6.18 Å². The van der Waals surface area contributed by atoms with Gasteiger partial charge in [-0.15, -0.1) is 0 Å². The van der Waals surface area contributed by atoms with E-state index in [2.05, 4.69) is 10.3 Å². The van der Waals surface area contributed by atoms with E-state index in [4.69, 9.17) is 4.74 Å². The van der Waals surface area contributed by atoms with Crippen molar-refractivity contribution in [1.29, 1.82) is 0 Å². The first kappa shape index (κ1) is 26.8. The first-order valence-electron chi connectivity index (χ1n) is 12.5. The third-order valence-corrected chi connectivity index (χ3v) is 8.03. The molecule has 2 atom stereocenters. The number of benzene rings is 3. The average Bonchev–Trinajstić information content (AvgIpc) is 3.44. The van der Waals surface area contributed by atoms with Gasteiger partial charge in [0.25, 0.3) is 0 Å². The Hall–Kier alpha value is -3.76. The number of halogens is 3. The quantitative estimate of drug-likeness (QED) is 0.307. The van der Waals surface area contributed by atoms with Crippen LogP contribution in [0.5, 0.6) is 5.75 Å². The summed E-state index contributed by atoms with van der Waals surface area (Å²) in [5, 5.41) is 3.83. The maximum Gasteiger partial charge on any atom is 0.416 e. The van der Waals surface area contributed by atoms with Crippen LogP contribution in [0.1, 0.15) is 29.5 Å². The Morgan fingerprint density at radius 3 is 2.62 bits per heavy atom. The maximum atomic E-state index is 13.3. The SMILES string of the molecule is O=C(NCc1cccc(OCc2ccc(C(F)(F)F)cc2)c1)[C@@H]1CCCN1S(=O)c1cnc2ccccc2c1. The number of carbonyl (C=O) groups excluding carboxylic acids is 1. The monoisotopic (exact) mass is 553 g/mol. The number of para-hydroxylation sites is 1. The summed E-state index contributed by atoms with van der Waals surface area (Å²) in [5.41, 5.74) is 1.53. The predicted octanol–water partition coefficient (Wildman–Crippen LogP) is 5.64. The van der Waals surface area contributed by atoms with Gasteiger partial charge in [0.15, 0.2) is 0 Å². The Bertz CT molecular complexity index is 1490. The van der Waals surface area contributed by atoms with Crippen LogP contribution in [0.15, 0.2) is 90.0 Å². The lowest BCUT2D eigenvalue weighted by Gasteiger charge is -2.22. The molecule has 1 aromatic heterocycles. The normalized spacial score (nSPS) is 16.7. The molecule has 1 saturated heterocycles. The van der Waals surface area contributed by atoms with Gasteiger partial charge in [0, 0.05) is 24.7 Å². The third kappa shape index (κ3) is 6.46. The van der Waals surface area contributed by atoms with Crippen LogP contribution >= 0.6 is 0 Å². The fraction of sp³-hybridized carbons (Fsp3) is 0.241. The summed E-state index contributed by atoms with van der Waals surface area (Å²) in [5.74, 6) is 0.333. The minimum atomic E-state index is -4.38. The molecule has 1 unspecified atom stereocenters. The number of pyridine rings is 1. The lowest BCUT2D eigenvalue weighted by atomic mass is 10.1. The molecule has 0 aliphatic carbocycles. The third-order valence-electron chi connectivity index (χ3n) is 6.54. The number of fused-ring (bicyclic) bond motifs is 1. The largest absolute Gasteiger partial charge is 0.489 e. The van der Waals surface area contributed by atoms with Crippen LogP contribution in [-0.2, 0) is 35.1 Å². The zero-order valence-corrected chi connectivity index (χ0v) is 21.7. The van der Waals surface area contributed by atoms with Gasteiger partial charge in [-0.1, -0.05) is 42.5 Å². The molecule has 1 N–H and O–H groups in total. The summed E-state index contributed by atoms with van der Waals surface area (Å²) < 4.78 is 59.0. The molecular formula is C29H26F3N3O3S. The van der Waals surface area contributed by atoms with Crippen molar-refractivity contribution in [2.75, 3.05) is 6.54 Å². The molecule has 0 radical (unpaired) electrons. The number of nitrogens with zero attached hydrogens (tertiary/aromatic N) is 2. The summed E-state index contributed by atoms with van der Waals surface area (Å²) in [4.78, 5) is 18.0. The molecule has 0 spiro atoms. The van der Waals surface area contributed by atoms with Gasteiger partial charge in [-0.25, -0.2) is 8.51 Å². The maximum absolute atomic E-state index is 13.3. The molecule has 2 heterocycles. The number of hydrogen-bond donors (Lipinski definition) is 1. The molecule has 1 aliphatic heterocycles. The number of hydrogen-bond acceptors (Lipinski definition) is 4. The van der Waals surface area contributed by atoms with Crippen molar-refractivity contribution in [2.45, 2.75) is 43.1 Å². The minimum Gasteiger partial charge on any atom is -0.489 e. The second-order valence-corrected chi connectivity index (χ2v) is 10.7. The highest BCUT2D eigenvalue weighted by Crippen LogP contribution is 2.29. The van der Waals surface area contributed by atoms with Gasteiger partial charge in [0.05, 0.1) is 16.0 Å². The van der Waals surface area contributed by atoms with Crippen molar-refractivity contribution in [3.05, 3.63) is 102 Å². The van der Waals surface area contributed by atoms with Crippen molar-refractivity contribution >= 4 is 27.8 Å². The molecule has 1 amide bonds. The van der Waals surface area contributed by atoms with Crippen molar-refractivity contribution in [3.8, 4) is 5.75 Å². The van der Waals surface area contributed by atoms with Crippen LogP contribution in [0.4, 0.5) is 13.2 Å². The lowest BCUT2D eigenvalue weighted by molar-refractivity contribution is -0.137. The van der Waals surface area contributed by atoms with Crippen molar-refractivity contribution in [3.63, 3.8) is 0 Å². The number of alkyl halides is 3. The lowest BCUT2D eigenvalue weighted by Crippen LogP contribution is -2.43. The van der Waals surface area contributed by atoms with Gasteiger partial charge in [-0.3, -0.25) is 9.78 Å². The molecule has 202 valence electrons. The number of aromatic nitrogens is 1. The van der Waals surface area contributed by atoms with Gasteiger partial charge in [-0.2, -0.15) is 13.2 Å². The van der Waals surface area contributed by atoms with Gasteiger partial charge in [-0.05, 0) is 60.4 Å². The minimum absolute atomic E-state index is 0.112. The highest BCUT2D eigenvalue weighted by molar-refractivity contribution is 7.82. The van der Waals surface area contributed by atoms with E-state index in [9.17, 15) is 22.2 Å². The Labute approximate surface area is 226 Å². The molecule has 1 fully saturated rings. The van der Waals surface area contributed by atoms with Crippen molar-refractivity contribution in [1.82, 2.24) is 14.6 Å².